The zero-order valence-electron chi connectivity index (χ0n) is 11.6. The van der Waals surface area contributed by atoms with Crippen molar-refractivity contribution >= 4 is 31.9 Å². The Labute approximate surface area is 127 Å². The smallest absolute Gasteiger partial charge is 0.322 e. The van der Waals surface area contributed by atoms with Gasteiger partial charge < -0.3 is 5.11 Å². The van der Waals surface area contributed by atoms with E-state index in [-0.39, 0.29) is 10.8 Å². The standard InChI is InChI=1S/C13H18BrNO4S/c1-4-8(2)12(13(16)17)15-20(18,19)10-5-6-11(14)9(3)7-10/h5-8,12,15H,4H2,1-3H3,(H,16,17). The van der Waals surface area contributed by atoms with Gasteiger partial charge in [-0.15, -0.1) is 0 Å². The maximum absolute atomic E-state index is 12.2. The molecule has 0 saturated heterocycles. The first-order chi connectivity index (χ1) is 9.19. The fourth-order valence-electron chi connectivity index (χ4n) is 1.67. The monoisotopic (exact) mass is 363 g/mol. The summed E-state index contributed by atoms with van der Waals surface area (Å²) in [7, 11) is -3.85. The molecule has 7 heteroatoms. The van der Waals surface area contributed by atoms with Crippen molar-refractivity contribution in [2.45, 2.75) is 38.1 Å². The van der Waals surface area contributed by atoms with Crippen LogP contribution in [-0.4, -0.2) is 25.5 Å². The number of nitrogens with one attached hydrogen (secondary N) is 1. The van der Waals surface area contributed by atoms with Gasteiger partial charge in [0.2, 0.25) is 10.0 Å². The van der Waals surface area contributed by atoms with Crippen LogP contribution in [0.4, 0.5) is 0 Å². The lowest BCUT2D eigenvalue weighted by atomic mass is 10.0. The molecule has 0 amide bonds. The summed E-state index contributed by atoms with van der Waals surface area (Å²) in [5.41, 5.74) is 0.767. The molecular formula is C13H18BrNO4S. The van der Waals surface area contributed by atoms with Gasteiger partial charge in [-0.1, -0.05) is 36.2 Å². The molecule has 0 aromatic heterocycles. The van der Waals surface area contributed by atoms with Crippen molar-refractivity contribution in [3.05, 3.63) is 28.2 Å². The number of carboxylic acids is 1. The topological polar surface area (TPSA) is 83.5 Å². The van der Waals surface area contributed by atoms with Crippen LogP contribution >= 0.6 is 15.9 Å². The van der Waals surface area contributed by atoms with Gasteiger partial charge >= 0.3 is 5.97 Å². The zero-order valence-corrected chi connectivity index (χ0v) is 14.0. The Morgan fingerprint density at radius 1 is 1.45 bits per heavy atom. The van der Waals surface area contributed by atoms with Crippen molar-refractivity contribution in [2.75, 3.05) is 0 Å². The van der Waals surface area contributed by atoms with E-state index in [0.29, 0.717) is 6.42 Å². The number of aliphatic carboxylic acids is 1. The molecule has 1 aromatic rings. The third-order valence-corrected chi connectivity index (χ3v) is 5.53. The minimum absolute atomic E-state index is 0.0627. The van der Waals surface area contributed by atoms with E-state index >= 15 is 0 Å². The van der Waals surface area contributed by atoms with Gasteiger partial charge in [-0.05, 0) is 36.6 Å². The maximum Gasteiger partial charge on any atom is 0.322 e. The highest BCUT2D eigenvalue weighted by Gasteiger charge is 2.29. The number of benzene rings is 1. The lowest BCUT2D eigenvalue weighted by molar-refractivity contribution is -0.140. The Balaban J connectivity index is 3.09. The van der Waals surface area contributed by atoms with Crippen LogP contribution in [0.15, 0.2) is 27.6 Å². The summed E-state index contributed by atoms with van der Waals surface area (Å²) in [6, 6.07) is 3.44. The molecule has 112 valence electrons. The lowest BCUT2D eigenvalue weighted by Crippen LogP contribution is -2.44. The molecule has 2 N–H and O–H groups in total. The normalized spacial score (nSPS) is 14.8. The lowest BCUT2D eigenvalue weighted by Gasteiger charge is -2.20. The van der Waals surface area contributed by atoms with Crippen LogP contribution in [-0.2, 0) is 14.8 Å². The van der Waals surface area contributed by atoms with Crippen LogP contribution in [0, 0.1) is 12.8 Å². The summed E-state index contributed by atoms with van der Waals surface area (Å²) in [4.78, 5) is 11.3. The van der Waals surface area contributed by atoms with E-state index in [1.54, 1.807) is 19.9 Å². The highest BCUT2D eigenvalue weighted by atomic mass is 79.9. The van der Waals surface area contributed by atoms with E-state index in [4.69, 9.17) is 5.11 Å². The summed E-state index contributed by atoms with van der Waals surface area (Å²) in [5.74, 6) is -1.46. The number of hydrogen-bond acceptors (Lipinski definition) is 3. The van der Waals surface area contributed by atoms with Crippen molar-refractivity contribution in [3.8, 4) is 0 Å². The second-order valence-corrected chi connectivity index (χ2v) is 7.30. The highest BCUT2D eigenvalue weighted by molar-refractivity contribution is 9.10. The molecule has 0 fully saturated rings. The molecular weight excluding hydrogens is 346 g/mol. The molecule has 0 heterocycles. The minimum Gasteiger partial charge on any atom is -0.480 e. The van der Waals surface area contributed by atoms with Crippen molar-refractivity contribution in [3.63, 3.8) is 0 Å². The number of rotatable bonds is 6. The van der Waals surface area contributed by atoms with Gasteiger partial charge in [-0.25, -0.2) is 8.42 Å². The number of sulfonamides is 1. The van der Waals surface area contributed by atoms with Crippen molar-refractivity contribution in [1.82, 2.24) is 4.72 Å². The van der Waals surface area contributed by atoms with Crippen LogP contribution in [0.25, 0.3) is 0 Å². The molecule has 5 nitrogen and oxygen atoms in total. The average molecular weight is 364 g/mol. The Morgan fingerprint density at radius 2 is 2.05 bits per heavy atom. The molecule has 0 aliphatic rings. The minimum atomic E-state index is -3.85. The summed E-state index contributed by atoms with van der Waals surface area (Å²) in [6.45, 7) is 5.29. The maximum atomic E-state index is 12.2. The fourth-order valence-corrected chi connectivity index (χ4v) is 3.29. The first-order valence-electron chi connectivity index (χ1n) is 6.20. The zero-order chi connectivity index (χ0) is 15.5. The number of halogens is 1. The fraction of sp³-hybridized carbons (Fsp3) is 0.462. The average Bonchev–Trinajstić information content (AvgIpc) is 2.38. The third kappa shape index (κ3) is 4.04. The molecule has 2 atom stereocenters. The van der Waals surface area contributed by atoms with Crippen molar-refractivity contribution in [2.24, 2.45) is 5.92 Å². The summed E-state index contributed by atoms with van der Waals surface area (Å²) in [5, 5.41) is 9.15. The van der Waals surface area contributed by atoms with Crippen LogP contribution in [0.3, 0.4) is 0 Å². The highest BCUT2D eigenvalue weighted by Crippen LogP contribution is 2.21. The van der Waals surface area contributed by atoms with Gasteiger partial charge in [0.05, 0.1) is 4.90 Å². The van der Waals surface area contributed by atoms with E-state index in [1.807, 2.05) is 6.92 Å². The second-order valence-electron chi connectivity index (χ2n) is 4.73. The molecule has 1 aromatic carbocycles. The van der Waals surface area contributed by atoms with Crippen molar-refractivity contribution < 1.29 is 18.3 Å². The quantitative estimate of drug-likeness (QED) is 0.813. The Morgan fingerprint density at radius 3 is 2.50 bits per heavy atom. The molecule has 0 bridgehead atoms. The van der Waals surface area contributed by atoms with Gasteiger partial charge in [0.15, 0.2) is 0 Å². The molecule has 20 heavy (non-hydrogen) atoms. The first kappa shape index (κ1) is 17.1. The van der Waals surface area contributed by atoms with Crippen LogP contribution < -0.4 is 4.72 Å². The van der Waals surface area contributed by atoms with E-state index < -0.39 is 22.0 Å². The van der Waals surface area contributed by atoms with E-state index in [2.05, 4.69) is 20.7 Å². The largest absolute Gasteiger partial charge is 0.480 e. The number of carbonyl (C=O) groups is 1. The number of aryl methyl sites for hydroxylation is 1. The number of hydrogen-bond donors (Lipinski definition) is 2. The molecule has 2 unspecified atom stereocenters. The second kappa shape index (κ2) is 6.69. The Hall–Kier alpha value is -0.920. The number of carboxylic acid groups (broad SMARTS) is 1. The van der Waals surface area contributed by atoms with Gasteiger partial charge in [0.1, 0.15) is 6.04 Å². The van der Waals surface area contributed by atoms with E-state index in [9.17, 15) is 13.2 Å². The molecule has 0 aliphatic carbocycles. The van der Waals surface area contributed by atoms with E-state index in [1.165, 1.54) is 12.1 Å². The predicted molar refractivity (Wildman–Crippen MR) is 80.1 cm³/mol. The molecule has 1 rings (SSSR count). The SMILES string of the molecule is CCC(C)C(NS(=O)(=O)c1ccc(Br)c(C)c1)C(=O)O. The molecule has 0 spiro atoms. The van der Waals surface area contributed by atoms with Gasteiger partial charge in [0.25, 0.3) is 0 Å². The predicted octanol–water partition coefficient (Wildman–Crippen LogP) is 2.54. The van der Waals surface area contributed by atoms with Gasteiger partial charge in [0, 0.05) is 4.47 Å². The molecule has 0 saturated carbocycles. The molecule has 0 aliphatic heterocycles. The van der Waals surface area contributed by atoms with Crippen LogP contribution in [0.2, 0.25) is 0 Å². The summed E-state index contributed by atoms with van der Waals surface area (Å²) in [6.07, 6.45) is 0.568. The molecule has 0 radical (unpaired) electrons. The van der Waals surface area contributed by atoms with Gasteiger partial charge in [-0.3, -0.25) is 4.79 Å². The Bertz CT molecular complexity index is 600. The summed E-state index contributed by atoms with van der Waals surface area (Å²) < 4.78 is 27.5. The van der Waals surface area contributed by atoms with Crippen molar-refractivity contribution in [1.29, 1.82) is 0 Å². The van der Waals surface area contributed by atoms with Crippen LogP contribution in [0.5, 0.6) is 0 Å². The summed E-state index contributed by atoms with van der Waals surface area (Å²) >= 11 is 3.30. The van der Waals surface area contributed by atoms with E-state index in [0.717, 1.165) is 10.0 Å². The van der Waals surface area contributed by atoms with Crippen LogP contribution in [0.1, 0.15) is 25.8 Å². The third-order valence-electron chi connectivity index (χ3n) is 3.20. The van der Waals surface area contributed by atoms with Gasteiger partial charge in [-0.2, -0.15) is 4.72 Å². The first-order valence-corrected chi connectivity index (χ1v) is 8.48. The Kier molecular flexibility index (Phi) is 5.73.